The first-order valence-corrected chi connectivity index (χ1v) is 17.1. The number of phosphoric ester groups is 6. The zero-order valence-electron chi connectivity index (χ0n) is 16.7. The van der Waals surface area contributed by atoms with E-state index >= 15 is 0 Å². The largest absolute Gasteiger partial charge is 0.470 e. The van der Waals surface area contributed by atoms with Gasteiger partial charge in [0, 0.05) is 0 Å². The van der Waals surface area contributed by atoms with Gasteiger partial charge in [0.15, 0.2) is 0 Å². The van der Waals surface area contributed by atoms with Crippen molar-refractivity contribution in [2.75, 3.05) is 13.2 Å². The number of phosphoric acid groups is 6. The second-order valence-electron chi connectivity index (χ2n) is 5.96. The average Bonchev–Trinajstić information content (AvgIpc) is 2.53. The van der Waals surface area contributed by atoms with Crippen LogP contribution in [0.3, 0.4) is 0 Å². The van der Waals surface area contributed by atoms with Crippen molar-refractivity contribution >= 4 is 46.9 Å². The minimum absolute atomic E-state index is 1.84. The first kappa shape index (κ1) is 36.7. The fraction of sp³-hybridized carbons (Fsp3) is 1.00. The second-order valence-corrected chi connectivity index (χ2v) is 13.2. The summed E-state index contributed by atoms with van der Waals surface area (Å²) in [6.07, 6.45) is -12.2. The summed E-state index contributed by atoms with van der Waals surface area (Å²) in [5, 5.41) is 0. The van der Waals surface area contributed by atoms with Crippen LogP contribution in [0.15, 0.2) is 0 Å². The van der Waals surface area contributed by atoms with Gasteiger partial charge in [-0.3, -0.25) is 27.1 Å². The van der Waals surface area contributed by atoms with Crippen molar-refractivity contribution in [2.24, 2.45) is 0 Å². The van der Waals surface area contributed by atoms with E-state index in [9.17, 15) is 27.4 Å². The van der Waals surface area contributed by atoms with Crippen molar-refractivity contribution in [3.63, 3.8) is 0 Å². The quantitative estimate of drug-likeness (QED) is 0.0695. The van der Waals surface area contributed by atoms with Gasteiger partial charge in [0.1, 0.15) is 24.4 Å². The van der Waals surface area contributed by atoms with Crippen molar-refractivity contribution in [1.82, 2.24) is 0 Å². The first-order chi connectivity index (χ1) is 15.6. The van der Waals surface area contributed by atoms with Crippen molar-refractivity contribution in [1.29, 1.82) is 0 Å². The van der Waals surface area contributed by atoms with E-state index in [4.69, 9.17) is 58.7 Å². The number of rotatable bonds is 17. The smallest absolute Gasteiger partial charge is 0.303 e. The molecule has 0 amide bonds. The first-order valence-electron chi connectivity index (χ1n) is 7.93. The lowest BCUT2D eigenvalue weighted by Crippen LogP contribution is -2.51. The third-order valence-corrected chi connectivity index (χ3v) is 6.03. The van der Waals surface area contributed by atoms with Crippen LogP contribution in [-0.4, -0.2) is 96.4 Å². The molecule has 0 unspecified atom stereocenters. The standard InChI is InChI=1S/C6H20O24P6/c7-31(8,9)25-1-3(27-33(13,14)15)5(29-35(19,20)21)6(30-36(22,23)24)4(28-34(16,17)18)2-26-32(10,11)12/h3-6H,1-2H2,(H2,7,8,9)(H2,10,11,12)(H2,13,14,15)(H2,16,17,18)(H2,19,20,21)(H2,22,23,24)/t3-,4-,5-,6-/m1/s1. The Bertz CT molecular complexity index is 905. The van der Waals surface area contributed by atoms with Crippen molar-refractivity contribution < 1.29 is 113 Å². The molecule has 0 spiro atoms. The van der Waals surface area contributed by atoms with Gasteiger partial charge >= 0.3 is 46.9 Å². The highest BCUT2D eigenvalue weighted by Gasteiger charge is 2.49. The summed E-state index contributed by atoms with van der Waals surface area (Å²) in [7, 11) is -35.0. The van der Waals surface area contributed by atoms with E-state index in [0.717, 1.165) is 0 Å². The second kappa shape index (κ2) is 13.3. The zero-order valence-corrected chi connectivity index (χ0v) is 22.0. The molecule has 0 fully saturated rings. The lowest BCUT2D eigenvalue weighted by molar-refractivity contribution is -0.109. The van der Waals surface area contributed by atoms with E-state index in [0.29, 0.717) is 0 Å². The minimum Gasteiger partial charge on any atom is -0.303 e. The van der Waals surface area contributed by atoms with Gasteiger partial charge in [-0.05, 0) is 0 Å². The Kier molecular flexibility index (Phi) is 13.6. The fourth-order valence-corrected chi connectivity index (χ4v) is 4.96. The number of hydrogen-bond acceptors (Lipinski definition) is 12. The summed E-state index contributed by atoms with van der Waals surface area (Å²) in [6, 6.07) is 0. The van der Waals surface area contributed by atoms with Crippen molar-refractivity contribution in [2.45, 2.75) is 24.4 Å². The molecule has 0 heterocycles. The lowest BCUT2D eigenvalue weighted by atomic mass is 10.0. The molecule has 0 aromatic rings. The monoisotopic (exact) mass is 662 g/mol. The van der Waals surface area contributed by atoms with Crippen LogP contribution in [-0.2, 0) is 54.5 Å². The maximum Gasteiger partial charge on any atom is 0.470 e. The van der Waals surface area contributed by atoms with Crippen LogP contribution in [0.4, 0.5) is 0 Å². The molecule has 0 aromatic carbocycles. The normalized spacial score (nSPS) is 18.0. The Labute approximate surface area is 198 Å². The Hall–Kier alpha value is 0.660. The van der Waals surface area contributed by atoms with E-state index in [1.807, 2.05) is 0 Å². The molecule has 0 aliphatic carbocycles. The van der Waals surface area contributed by atoms with Crippen molar-refractivity contribution in [3.8, 4) is 0 Å². The molecular formula is C6H20O24P6. The molecule has 0 rings (SSSR count). The summed E-state index contributed by atoms with van der Waals surface area (Å²) in [5.74, 6) is 0. The molecule has 0 aliphatic rings. The molecule has 24 nitrogen and oxygen atoms in total. The molecule has 0 saturated heterocycles. The summed E-state index contributed by atoms with van der Waals surface area (Å²) >= 11 is 0. The fourth-order valence-electron chi connectivity index (χ4n) is 2.06. The summed E-state index contributed by atoms with van der Waals surface area (Å²) in [4.78, 5) is 108. The summed E-state index contributed by atoms with van der Waals surface area (Å²) < 4.78 is 91.3. The van der Waals surface area contributed by atoms with E-state index < -0.39 is 84.6 Å². The molecule has 12 N–H and O–H groups in total. The van der Waals surface area contributed by atoms with Gasteiger partial charge in [0.05, 0.1) is 13.2 Å². The Balaban J connectivity index is 6.96. The summed E-state index contributed by atoms with van der Waals surface area (Å²) in [6.45, 7) is -3.69. The molecule has 4 atom stereocenters. The van der Waals surface area contributed by atoms with Gasteiger partial charge in [0.2, 0.25) is 0 Å². The Morgan fingerprint density at radius 1 is 0.389 bits per heavy atom. The zero-order chi connectivity index (χ0) is 29.0. The highest BCUT2D eigenvalue weighted by molar-refractivity contribution is 7.47. The van der Waals surface area contributed by atoms with Crippen LogP contribution in [0, 0.1) is 0 Å². The van der Waals surface area contributed by atoms with E-state index in [2.05, 4.69) is 27.1 Å². The van der Waals surface area contributed by atoms with Crippen LogP contribution in [0.1, 0.15) is 0 Å². The molecule has 0 aromatic heterocycles. The lowest BCUT2D eigenvalue weighted by Gasteiger charge is -2.36. The van der Waals surface area contributed by atoms with Crippen LogP contribution >= 0.6 is 46.9 Å². The van der Waals surface area contributed by atoms with Crippen molar-refractivity contribution in [3.05, 3.63) is 0 Å². The third-order valence-electron chi connectivity index (χ3n) is 2.93. The highest BCUT2D eigenvalue weighted by atomic mass is 31.2. The summed E-state index contributed by atoms with van der Waals surface area (Å²) in [5.41, 5.74) is 0. The predicted octanol–water partition coefficient (Wildman–Crippen LogP) is -2.88. The predicted molar refractivity (Wildman–Crippen MR) is 104 cm³/mol. The molecule has 0 bridgehead atoms. The van der Waals surface area contributed by atoms with Crippen LogP contribution in [0.5, 0.6) is 0 Å². The minimum atomic E-state index is -6.03. The molecule has 0 aliphatic heterocycles. The molecule has 0 saturated carbocycles. The van der Waals surface area contributed by atoms with Gasteiger partial charge in [0.25, 0.3) is 0 Å². The molecule has 0 radical (unpaired) electrons. The number of hydrogen-bond donors (Lipinski definition) is 12. The van der Waals surface area contributed by atoms with E-state index in [-0.39, 0.29) is 0 Å². The topological polar surface area (TPSA) is 401 Å². The van der Waals surface area contributed by atoms with E-state index in [1.165, 1.54) is 0 Å². The molecule has 30 heteroatoms. The van der Waals surface area contributed by atoms with Crippen LogP contribution < -0.4 is 0 Å². The maximum atomic E-state index is 11.4. The van der Waals surface area contributed by atoms with Gasteiger partial charge in [-0.1, -0.05) is 0 Å². The maximum absolute atomic E-state index is 11.4. The molecular weight excluding hydrogens is 642 g/mol. The third kappa shape index (κ3) is 19.7. The molecule has 36 heavy (non-hydrogen) atoms. The van der Waals surface area contributed by atoms with Gasteiger partial charge < -0.3 is 58.7 Å². The average molecular weight is 662 g/mol. The van der Waals surface area contributed by atoms with Crippen LogP contribution in [0.25, 0.3) is 0 Å². The Morgan fingerprint density at radius 2 is 0.611 bits per heavy atom. The van der Waals surface area contributed by atoms with E-state index in [1.54, 1.807) is 0 Å². The van der Waals surface area contributed by atoms with Gasteiger partial charge in [-0.2, -0.15) is 0 Å². The van der Waals surface area contributed by atoms with Crippen LogP contribution in [0.2, 0.25) is 0 Å². The highest BCUT2D eigenvalue weighted by Crippen LogP contribution is 2.51. The Morgan fingerprint density at radius 3 is 0.778 bits per heavy atom. The van der Waals surface area contributed by atoms with Gasteiger partial charge in [-0.15, -0.1) is 0 Å². The van der Waals surface area contributed by atoms with Gasteiger partial charge in [-0.25, -0.2) is 27.4 Å². The SMILES string of the molecule is O=P(O)(O)OC[C@@H](OP(=O)(O)O)[C@@H](OP(=O)(O)O)[C@H](OP(=O)(O)O)[C@@H](COP(=O)(O)O)OP(=O)(O)O. The molecule has 218 valence electrons.